The fourth-order valence-corrected chi connectivity index (χ4v) is 12.9. The molecule has 276 valence electrons. The number of ether oxygens (including phenoxy) is 3. The van der Waals surface area contributed by atoms with Crippen molar-refractivity contribution in [1.29, 1.82) is 0 Å². The third kappa shape index (κ3) is 6.39. The quantitative estimate of drug-likeness (QED) is 0.106. The lowest BCUT2D eigenvalue weighted by molar-refractivity contribution is -0.243. The maximum absolute atomic E-state index is 11.8. The van der Waals surface area contributed by atoms with E-state index in [0.717, 1.165) is 44.9 Å². The summed E-state index contributed by atoms with van der Waals surface area (Å²) in [5, 5.41) is 51.3. The highest BCUT2D eigenvalue weighted by Crippen LogP contribution is 2.89. The number of hydrogen-bond donors (Lipinski definition) is 5. The summed E-state index contributed by atoms with van der Waals surface area (Å²) in [5.41, 5.74) is -0.622. The normalized spacial score (nSPS) is 41.9. The van der Waals surface area contributed by atoms with Crippen LogP contribution in [0.4, 0.5) is 0 Å². The number of aliphatic hydroxyl groups is 5. The van der Waals surface area contributed by atoms with E-state index in [1.165, 1.54) is 13.3 Å². The zero-order valence-corrected chi connectivity index (χ0v) is 30.9. The molecule has 14 atom stereocenters. The van der Waals surface area contributed by atoms with Crippen molar-refractivity contribution in [3.63, 3.8) is 0 Å². The Morgan fingerprint density at radius 3 is 2.23 bits per heavy atom. The lowest BCUT2D eigenvalue weighted by Crippen LogP contribution is -2.55. The summed E-state index contributed by atoms with van der Waals surface area (Å²) in [7, 11) is 0. The first-order chi connectivity index (χ1) is 22.4. The molecular formula is C39H66O9. The van der Waals surface area contributed by atoms with Crippen LogP contribution in [-0.2, 0) is 19.0 Å². The van der Waals surface area contributed by atoms with Crippen LogP contribution in [0.25, 0.3) is 0 Å². The van der Waals surface area contributed by atoms with Gasteiger partial charge in [-0.15, -0.1) is 12.8 Å². The molecule has 4 unspecified atom stereocenters. The largest absolute Gasteiger partial charge is 0.460 e. The number of carbonyl (C=O) groups excluding carboxylic acids is 1. The Morgan fingerprint density at radius 1 is 0.979 bits per heavy atom. The van der Waals surface area contributed by atoms with Crippen LogP contribution in [0, 0.1) is 70.0 Å². The molecule has 0 saturated heterocycles. The number of carbonyl (C=O) groups is 1. The lowest BCUT2D eigenvalue weighted by Gasteiger charge is -2.60. The molecule has 5 rings (SSSR count). The van der Waals surface area contributed by atoms with E-state index in [9.17, 15) is 25.2 Å². The summed E-state index contributed by atoms with van der Waals surface area (Å²) >= 11 is 0. The smallest absolute Gasteiger partial charge is 0.303 e. The first-order valence-electron chi connectivity index (χ1n) is 18.5. The molecule has 5 fully saturated rings. The molecule has 0 radical (unpaired) electrons. The zero-order valence-electron chi connectivity index (χ0n) is 30.9. The van der Waals surface area contributed by atoms with Crippen LogP contribution in [-0.4, -0.2) is 87.6 Å². The van der Waals surface area contributed by atoms with E-state index in [-0.39, 0.29) is 59.5 Å². The Bertz CT molecular complexity index is 1130. The van der Waals surface area contributed by atoms with Crippen LogP contribution in [0.5, 0.6) is 0 Å². The van der Waals surface area contributed by atoms with Crippen molar-refractivity contribution < 1.29 is 44.5 Å². The molecule has 5 aliphatic carbocycles. The minimum Gasteiger partial charge on any atom is -0.460 e. The Hall–Kier alpha value is -1.25. The van der Waals surface area contributed by atoms with Crippen molar-refractivity contribution in [2.24, 2.45) is 57.2 Å². The Morgan fingerprint density at radius 2 is 1.65 bits per heavy atom. The van der Waals surface area contributed by atoms with Crippen molar-refractivity contribution in [2.75, 3.05) is 19.8 Å². The SMILES string of the molecule is C#C.CC(=O)O[C@@H](CC[C@@H](C)C1[C@H](O)CC2[C@@H]3CCC4C(C)(C)[C@@H](O[C@@H](CO)OC[C@@H](O)CO)CCC45[C@@H](C)[C@@]35CC[C@]12C)C(C)(C)O. The molecule has 48 heavy (non-hydrogen) atoms. The van der Waals surface area contributed by atoms with E-state index in [1.807, 2.05) is 0 Å². The third-order valence-electron chi connectivity index (χ3n) is 14.8. The summed E-state index contributed by atoms with van der Waals surface area (Å²) in [6.45, 7) is 15.9. The van der Waals surface area contributed by atoms with Gasteiger partial charge < -0.3 is 39.7 Å². The lowest BCUT2D eigenvalue weighted by atomic mass is 9.46. The molecule has 0 aliphatic heterocycles. The molecule has 0 amide bonds. The van der Waals surface area contributed by atoms with Gasteiger partial charge in [0.25, 0.3) is 0 Å². The number of esters is 1. The molecule has 0 aromatic heterocycles. The van der Waals surface area contributed by atoms with Gasteiger partial charge in [-0.1, -0.05) is 34.6 Å². The average Bonchev–Trinajstić information content (AvgIpc) is 3.42. The number of fused-ring (bicyclic) bond motifs is 2. The Kier molecular flexibility index (Phi) is 11.9. The van der Waals surface area contributed by atoms with E-state index in [4.69, 9.17) is 19.3 Å². The van der Waals surface area contributed by atoms with E-state index in [2.05, 4.69) is 47.5 Å². The molecule has 0 heterocycles. The van der Waals surface area contributed by atoms with Crippen LogP contribution in [0.3, 0.4) is 0 Å². The fourth-order valence-electron chi connectivity index (χ4n) is 12.9. The van der Waals surface area contributed by atoms with E-state index in [1.54, 1.807) is 13.8 Å². The summed E-state index contributed by atoms with van der Waals surface area (Å²) < 4.78 is 17.6. The molecule has 0 bridgehead atoms. The van der Waals surface area contributed by atoms with Crippen molar-refractivity contribution in [3.8, 4) is 12.8 Å². The van der Waals surface area contributed by atoms with Crippen LogP contribution in [0.2, 0.25) is 0 Å². The minimum atomic E-state index is -1.12. The van der Waals surface area contributed by atoms with Gasteiger partial charge in [0, 0.05) is 6.92 Å². The Balaban J connectivity index is 0.00000255. The monoisotopic (exact) mass is 678 g/mol. The summed E-state index contributed by atoms with van der Waals surface area (Å²) in [4.78, 5) is 11.8. The van der Waals surface area contributed by atoms with Crippen LogP contribution in [0.15, 0.2) is 0 Å². The van der Waals surface area contributed by atoms with Gasteiger partial charge in [-0.25, -0.2) is 0 Å². The van der Waals surface area contributed by atoms with Crippen molar-refractivity contribution in [2.45, 2.75) is 149 Å². The molecule has 5 aliphatic rings. The maximum atomic E-state index is 11.8. The van der Waals surface area contributed by atoms with E-state index in [0.29, 0.717) is 35.5 Å². The highest BCUT2D eigenvalue weighted by molar-refractivity contribution is 5.66. The van der Waals surface area contributed by atoms with Gasteiger partial charge >= 0.3 is 5.97 Å². The minimum absolute atomic E-state index is 0.0530. The highest BCUT2D eigenvalue weighted by atomic mass is 16.7. The van der Waals surface area contributed by atoms with Crippen LogP contribution in [0.1, 0.15) is 113 Å². The van der Waals surface area contributed by atoms with Gasteiger partial charge in [0.2, 0.25) is 0 Å². The van der Waals surface area contributed by atoms with Gasteiger partial charge in [0.05, 0.1) is 37.6 Å². The average molecular weight is 679 g/mol. The van der Waals surface area contributed by atoms with Crippen molar-refractivity contribution in [1.82, 2.24) is 0 Å². The predicted molar refractivity (Wildman–Crippen MR) is 183 cm³/mol. The maximum Gasteiger partial charge on any atom is 0.303 e. The van der Waals surface area contributed by atoms with E-state index < -0.39 is 30.7 Å². The van der Waals surface area contributed by atoms with Gasteiger partial charge in [0.15, 0.2) is 6.29 Å². The number of hydrogen-bond acceptors (Lipinski definition) is 9. The van der Waals surface area contributed by atoms with Gasteiger partial charge in [-0.2, -0.15) is 0 Å². The van der Waals surface area contributed by atoms with Gasteiger partial charge in [-0.3, -0.25) is 4.79 Å². The second kappa shape index (κ2) is 14.4. The molecule has 0 aromatic rings. The van der Waals surface area contributed by atoms with Gasteiger partial charge in [-0.05, 0) is 129 Å². The summed E-state index contributed by atoms with van der Waals surface area (Å²) in [6, 6.07) is 0. The molecule has 2 spiro atoms. The number of rotatable bonds is 13. The standard InChI is InChI=1S/C37H64O9.C2H2/c1-21(9-12-30(34(6,7)43)45-23(3)40)32-27(42)17-26-25-10-11-28-33(4,5)29(46-31(19-39)44-20-24(41)18-38)13-14-37(28)22(2)36(25,37)16-15-35(26,32)8;1-2/h21-22,24-32,38-39,41-43H,9-20H2,1-8H3;1-2H/t21-,22+,24+,25+,26?,27-,28?,29+,30+,31+,32?,35+,36+,37?;/m1./s1. The molecule has 9 heteroatoms. The fraction of sp³-hybridized carbons (Fsp3) is 0.923. The molecule has 5 N–H and O–H groups in total. The number of terminal acetylenes is 1. The third-order valence-corrected chi connectivity index (χ3v) is 14.8. The second-order valence-corrected chi connectivity index (χ2v) is 17.6. The Labute approximate surface area is 289 Å². The molecule has 0 aromatic carbocycles. The van der Waals surface area contributed by atoms with Crippen molar-refractivity contribution in [3.05, 3.63) is 0 Å². The highest BCUT2D eigenvalue weighted by Gasteiger charge is 2.84. The first kappa shape index (κ1) is 39.5. The number of aliphatic hydroxyl groups excluding tert-OH is 4. The second-order valence-electron chi connectivity index (χ2n) is 17.6. The summed E-state index contributed by atoms with van der Waals surface area (Å²) in [5.74, 6) is 2.24. The summed E-state index contributed by atoms with van der Waals surface area (Å²) in [6.07, 6.45) is 14.0. The van der Waals surface area contributed by atoms with Gasteiger partial charge in [0.1, 0.15) is 12.2 Å². The van der Waals surface area contributed by atoms with Crippen LogP contribution >= 0.6 is 0 Å². The molecular weight excluding hydrogens is 612 g/mol. The van der Waals surface area contributed by atoms with Crippen molar-refractivity contribution >= 4 is 5.97 Å². The van der Waals surface area contributed by atoms with E-state index >= 15 is 0 Å². The molecule has 9 nitrogen and oxygen atoms in total. The zero-order chi connectivity index (χ0) is 36.0. The van der Waals surface area contributed by atoms with Crippen LogP contribution < -0.4 is 0 Å². The first-order valence-corrected chi connectivity index (χ1v) is 18.5. The topological polar surface area (TPSA) is 146 Å². The predicted octanol–water partition coefficient (Wildman–Crippen LogP) is 4.69. The molecule has 5 saturated carbocycles.